The molecule has 0 aromatic heterocycles. The van der Waals surface area contributed by atoms with Crippen LogP contribution in [0.5, 0.6) is 17.2 Å². The summed E-state index contributed by atoms with van der Waals surface area (Å²) in [4.78, 5) is 24.1. The van der Waals surface area contributed by atoms with Gasteiger partial charge in [0.2, 0.25) is 18.6 Å². The van der Waals surface area contributed by atoms with E-state index in [1.165, 1.54) is 0 Å². The molecular weight excluding hydrogens is 348 g/mol. The predicted octanol–water partition coefficient (Wildman–Crippen LogP) is 2.01. The van der Waals surface area contributed by atoms with Crippen LogP contribution in [-0.2, 0) is 16.1 Å². The Morgan fingerprint density at radius 1 is 1.11 bits per heavy atom. The van der Waals surface area contributed by atoms with Crippen LogP contribution in [0.4, 0.5) is 0 Å². The minimum atomic E-state index is -0.636. The average molecular weight is 370 g/mol. The number of carbonyl (C=O) groups excluding carboxylic acids is 2. The van der Waals surface area contributed by atoms with Crippen LogP contribution in [-0.4, -0.2) is 31.3 Å². The fourth-order valence-electron chi connectivity index (χ4n) is 2.55. The van der Waals surface area contributed by atoms with Crippen LogP contribution in [0.2, 0.25) is 0 Å². The quantitative estimate of drug-likeness (QED) is 0.742. The van der Waals surface area contributed by atoms with Gasteiger partial charge in [0.1, 0.15) is 11.8 Å². The molecule has 27 heavy (non-hydrogen) atoms. The van der Waals surface area contributed by atoms with E-state index in [1.807, 2.05) is 48.5 Å². The smallest absolute Gasteiger partial charge is 0.242 e. The minimum absolute atomic E-state index is 0.175. The maximum Gasteiger partial charge on any atom is 0.242 e. The van der Waals surface area contributed by atoms with Crippen LogP contribution in [0.1, 0.15) is 18.9 Å². The molecule has 142 valence electrons. The van der Waals surface area contributed by atoms with Gasteiger partial charge in [-0.2, -0.15) is 0 Å². The van der Waals surface area contributed by atoms with E-state index in [0.29, 0.717) is 23.8 Å². The zero-order chi connectivity index (χ0) is 19.1. The second-order valence-corrected chi connectivity index (χ2v) is 6.11. The summed E-state index contributed by atoms with van der Waals surface area (Å²) in [6.45, 7) is 2.45. The lowest BCUT2D eigenvalue weighted by Crippen LogP contribution is -2.44. The number of hydrogen-bond donors (Lipinski definition) is 2. The van der Waals surface area contributed by atoms with Crippen LogP contribution in [0.3, 0.4) is 0 Å². The summed E-state index contributed by atoms with van der Waals surface area (Å²) in [5, 5.41) is 5.46. The molecule has 0 spiro atoms. The van der Waals surface area contributed by atoms with Crippen molar-refractivity contribution in [3.8, 4) is 17.2 Å². The third-order valence-corrected chi connectivity index (χ3v) is 4.02. The molecule has 1 heterocycles. The van der Waals surface area contributed by atoms with Gasteiger partial charge in [0.15, 0.2) is 11.5 Å². The van der Waals surface area contributed by atoms with E-state index < -0.39 is 6.04 Å². The summed E-state index contributed by atoms with van der Waals surface area (Å²) in [6.07, 6.45) is 0.175. The van der Waals surface area contributed by atoms with Gasteiger partial charge >= 0.3 is 0 Å². The highest BCUT2D eigenvalue weighted by Gasteiger charge is 2.17. The summed E-state index contributed by atoms with van der Waals surface area (Å²) in [6, 6.07) is 14.1. The molecule has 0 unspecified atom stereocenters. The minimum Gasteiger partial charge on any atom is -0.493 e. The Morgan fingerprint density at radius 2 is 1.89 bits per heavy atom. The van der Waals surface area contributed by atoms with Gasteiger partial charge in [0, 0.05) is 6.54 Å². The third-order valence-electron chi connectivity index (χ3n) is 4.02. The number of amides is 2. The zero-order valence-electron chi connectivity index (χ0n) is 15.1. The fourth-order valence-corrected chi connectivity index (χ4v) is 2.55. The number of nitrogens with one attached hydrogen (secondary N) is 2. The monoisotopic (exact) mass is 370 g/mol. The second kappa shape index (κ2) is 8.93. The van der Waals surface area contributed by atoms with E-state index in [-0.39, 0.29) is 31.6 Å². The van der Waals surface area contributed by atoms with Crippen molar-refractivity contribution in [3.63, 3.8) is 0 Å². The van der Waals surface area contributed by atoms with E-state index in [2.05, 4.69) is 10.6 Å². The summed E-state index contributed by atoms with van der Waals surface area (Å²) in [5.41, 5.74) is 0.891. The summed E-state index contributed by atoms with van der Waals surface area (Å²) in [5.74, 6) is 1.58. The molecule has 2 amide bonds. The number of ether oxygens (including phenoxy) is 3. The molecule has 0 aliphatic carbocycles. The molecule has 0 saturated carbocycles. The molecule has 7 nitrogen and oxygen atoms in total. The van der Waals surface area contributed by atoms with Crippen LogP contribution in [0, 0.1) is 0 Å². The van der Waals surface area contributed by atoms with Gasteiger partial charge in [-0.15, -0.1) is 0 Å². The first-order valence-electron chi connectivity index (χ1n) is 8.75. The molecule has 0 saturated heterocycles. The molecule has 2 aromatic carbocycles. The Kier molecular flexibility index (Phi) is 6.14. The predicted molar refractivity (Wildman–Crippen MR) is 98.6 cm³/mol. The summed E-state index contributed by atoms with van der Waals surface area (Å²) < 4.78 is 16.0. The van der Waals surface area contributed by atoms with Crippen molar-refractivity contribution in [1.29, 1.82) is 0 Å². The highest BCUT2D eigenvalue weighted by molar-refractivity contribution is 5.87. The van der Waals surface area contributed by atoms with E-state index in [9.17, 15) is 9.59 Å². The van der Waals surface area contributed by atoms with E-state index >= 15 is 0 Å². The lowest BCUT2D eigenvalue weighted by atomic mass is 10.2. The van der Waals surface area contributed by atoms with E-state index in [4.69, 9.17) is 14.2 Å². The first kappa shape index (κ1) is 18.6. The molecule has 2 aromatic rings. The maximum absolute atomic E-state index is 12.2. The van der Waals surface area contributed by atoms with Crippen molar-refractivity contribution < 1.29 is 23.8 Å². The zero-order valence-corrected chi connectivity index (χ0v) is 15.1. The lowest BCUT2D eigenvalue weighted by molar-refractivity contribution is -0.128. The number of benzene rings is 2. The van der Waals surface area contributed by atoms with Crippen molar-refractivity contribution in [2.45, 2.75) is 25.9 Å². The highest BCUT2D eigenvalue weighted by Crippen LogP contribution is 2.32. The molecule has 2 N–H and O–H groups in total. The number of carbonyl (C=O) groups is 2. The molecule has 0 fully saturated rings. The SMILES string of the molecule is C[C@@H](NC(=O)CCOc1ccccc1)C(=O)NCc1ccc2c(c1)OCO2. The topological polar surface area (TPSA) is 85.9 Å². The standard InChI is InChI=1S/C20H22N2O5/c1-14(22-19(23)9-10-25-16-5-3-2-4-6-16)20(24)21-12-15-7-8-17-18(11-15)27-13-26-17/h2-8,11,14H,9-10,12-13H2,1H3,(H,21,24)(H,22,23)/t14-/m1/s1. The first-order valence-corrected chi connectivity index (χ1v) is 8.75. The fraction of sp³-hybridized carbons (Fsp3) is 0.300. The second-order valence-electron chi connectivity index (χ2n) is 6.11. The average Bonchev–Trinajstić information content (AvgIpc) is 3.14. The Morgan fingerprint density at radius 3 is 2.70 bits per heavy atom. The van der Waals surface area contributed by atoms with Crippen molar-refractivity contribution in [3.05, 3.63) is 54.1 Å². The molecule has 1 aliphatic rings. The maximum atomic E-state index is 12.2. The Bertz CT molecular complexity index is 794. The van der Waals surface area contributed by atoms with Crippen molar-refractivity contribution in [2.24, 2.45) is 0 Å². The van der Waals surface area contributed by atoms with Crippen LogP contribution in [0.25, 0.3) is 0 Å². The number of fused-ring (bicyclic) bond motifs is 1. The first-order chi connectivity index (χ1) is 13.1. The van der Waals surface area contributed by atoms with Gasteiger partial charge in [-0.1, -0.05) is 24.3 Å². The Hall–Kier alpha value is -3.22. The van der Waals surface area contributed by atoms with Gasteiger partial charge < -0.3 is 24.8 Å². The van der Waals surface area contributed by atoms with Gasteiger partial charge in [-0.25, -0.2) is 0 Å². The molecular formula is C20H22N2O5. The van der Waals surface area contributed by atoms with Crippen LogP contribution < -0.4 is 24.8 Å². The molecule has 1 aliphatic heterocycles. The lowest BCUT2D eigenvalue weighted by Gasteiger charge is -2.14. The largest absolute Gasteiger partial charge is 0.493 e. The van der Waals surface area contributed by atoms with Crippen molar-refractivity contribution >= 4 is 11.8 Å². The van der Waals surface area contributed by atoms with E-state index in [0.717, 1.165) is 5.56 Å². The van der Waals surface area contributed by atoms with Crippen molar-refractivity contribution in [2.75, 3.05) is 13.4 Å². The van der Waals surface area contributed by atoms with Gasteiger partial charge in [-0.05, 0) is 36.8 Å². The molecule has 0 radical (unpaired) electrons. The van der Waals surface area contributed by atoms with Crippen molar-refractivity contribution in [1.82, 2.24) is 10.6 Å². The molecule has 3 rings (SSSR count). The van der Waals surface area contributed by atoms with Gasteiger partial charge in [0.25, 0.3) is 0 Å². The molecule has 1 atom stereocenters. The normalized spacial score (nSPS) is 12.9. The number of rotatable bonds is 8. The van der Waals surface area contributed by atoms with Gasteiger partial charge in [-0.3, -0.25) is 9.59 Å². The van der Waals surface area contributed by atoms with Gasteiger partial charge in [0.05, 0.1) is 13.0 Å². The number of para-hydroxylation sites is 1. The van der Waals surface area contributed by atoms with E-state index in [1.54, 1.807) is 6.92 Å². The summed E-state index contributed by atoms with van der Waals surface area (Å²) in [7, 11) is 0. The Labute approximate surface area is 157 Å². The Balaban J connectivity index is 1.37. The third kappa shape index (κ3) is 5.37. The number of hydrogen-bond acceptors (Lipinski definition) is 5. The molecule has 7 heteroatoms. The molecule has 0 bridgehead atoms. The highest BCUT2D eigenvalue weighted by atomic mass is 16.7. The summed E-state index contributed by atoms with van der Waals surface area (Å²) >= 11 is 0. The van der Waals surface area contributed by atoms with Crippen LogP contribution >= 0.6 is 0 Å². The van der Waals surface area contributed by atoms with Crippen LogP contribution in [0.15, 0.2) is 48.5 Å².